The molecule has 0 fully saturated rings. The van der Waals surface area contributed by atoms with Gasteiger partial charge in [-0.15, -0.1) is 5.10 Å². The highest BCUT2D eigenvalue weighted by molar-refractivity contribution is 5.63. The third-order valence-corrected chi connectivity index (χ3v) is 4.20. The van der Waals surface area contributed by atoms with E-state index in [-0.39, 0.29) is 30.0 Å². The van der Waals surface area contributed by atoms with Crippen LogP contribution in [0.4, 0.5) is 5.82 Å². The van der Waals surface area contributed by atoms with Crippen LogP contribution in [0.3, 0.4) is 0 Å². The van der Waals surface area contributed by atoms with Crippen molar-refractivity contribution >= 4 is 11.5 Å². The van der Waals surface area contributed by atoms with Crippen molar-refractivity contribution in [2.24, 2.45) is 0 Å². The SMILES string of the molecule is Cc1ncc(CO)c(CNc2nc(C(C)(C)C)cn3c(=O)[nH]nc23)c1O. The highest BCUT2D eigenvalue weighted by Gasteiger charge is 2.20. The smallest absolute Gasteiger partial charge is 0.347 e. The zero-order valence-corrected chi connectivity index (χ0v) is 15.2. The predicted molar refractivity (Wildman–Crippen MR) is 96.2 cm³/mol. The number of fused-ring (bicyclic) bond motifs is 1. The van der Waals surface area contributed by atoms with Gasteiger partial charge in [-0.1, -0.05) is 20.8 Å². The van der Waals surface area contributed by atoms with Gasteiger partial charge in [0.15, 0.2) is 5.82 Å². The van der Waals surface area contributed by atoms with Gasteiger partial charge in [-0.2, -0.15) is 0 Å². The Balaban J connectivity index is 2.05. The minimum Gasteiger partial charge on any atom is -0.506 e. The number of nitrogens with zero attached hydrogens (tertiary/aromatic N) is 4. The Morgan fingerprint density at radius 2 is 2.08 bits per heavy atom. The summed E-state index contributed by atoms with van der Waals surface area (Å²) in [5.41, 5.74) is 1.97. The molecule has 0 amide bonds. The number of aryl methyl sites for hydroxylation is 1. The molecule has 0 unspecified atom stereocenters. The van der Waals surface area contributed by atoms with Gasteiger partial charge in [-0.3, -0.25) is 4.98 Å². The molecule has 0 spiro atoms. The van der Waals surface area contributed by atoms with Crippen molar-refractivity contribution in [1.82, 2.24) is 24.6 Å². The molecule has 3 rings (SSSR count). The highest BCUT2D eigenvalue weighted by atomic mass is 16.3. The van der Waals surface area contributed by atoms with E-state index < -0.39 is 0 Å². The van der Waals surface area contributed by atoms with E-state index in [4.69, 9.17) is 0 Å². The van der Waals surface area contributed by atoms with Gasteiger partial charge in [0.2, 0.25) is 5.65 Å². The lowest BCUT2D eigenvalue weighted by Gasteiger charge is -2.19. The first-order chi connectivity index (χ1) is 12.2. The molecule has 3 heterocycles. The summed E-state index contributed by atoms with van der Waals surface area (Å²) in [5.74, 6) is 0.431. The molecule has 0 aliphatic heterocycles. The number of hydrogen-bond acceptors (Lipinski definition) is 7. The van der Waals surface area contributed by atoms with Crippen LogP contribution >= 0.6 is 0 Å². The van der Waals surface area contributed by atoms with Gasteiger partial charge in [0.05, 0.1) is 18.0 Å². The van der Waals surface area contributed by atoms with Crippen LogP contribution in [0, 0.1) is 6.92 Å². The fourth-order valence-corrected chi connectivity index (χ4v) is 2.58. The minimum absolute atomic E-state index is 0.0199. The summed E-state index contributed by atoms with van der Waals surface area (Å²) in [6.07, 6.45) is 3.19. The number of nitrogens with one attached hydrogen (secondary N) is 2. The van der Waals surface area contributed by atoms with Crippen molar-refractivity contribution in [2.75, 3.05) is 5.32 Å². The Bertz CT molecular complexity index is 1020. The van der Waals surface area contributed by atoms with Gasteiger partial charge in [-0.05, 0) is 6.92 Å². The van der Waals surface area contributed by atoms with Crippen LogP contribution in [0.15, 0.2) is 17.2 Å². The number of H-pyrrole nitrogens is 1. The van der Waals surface area contributed by atoms with E-state index in [1.165, 1.54) is 10.6 Å². The molecular formula is C17H22N6O3. The lowest BCUT2D eigenvalue weighted by Crippen LogP contribution is -2.19. The molecule has 0 bridgehead atoms. The number of anilines is 1. The summed E-state index contributed by atoms with van der Waals surface area (Å²) in [7, 11) is 0. The Morgan fingerprint density at radius 1 is 1.35 bits per heavy atom. The largest absolute Gasteiger partial charge is 0.506 e. The van der Waals surface area contributed by atoms with Gasteiger partial charge in [0.1, 0.15) is 5.75 Å². The van der Waals surface area contributed by atoms with Gasteiger partial charge in [0.25, 0.3) is 0 Å². The first-order valence-electron chi connectivity index (χ1n) is 8.21. The predicted octanol–water partition coefficient (Wildman–Crippen LogP) is 1.23. The number of aromatic amines is 1. The zero-order valence-electron chi connectivity index (χ0n) is 15.2. The Hall–Kier alpha value is -2.94. The molecule has 0 radical (unpaired) electrons. The summed E-state index contributed by atoms with van der Waals surface area (Å²) < 4.78 is 1.40. The number of pyridine rings is 1. The van der Waals surface area contributed by atoms with Crippen LogP contribution < -0.4 is 11.0 Å². The maximum absolute atomic E-state index is 12.0. The fourth-order valence-electron chi connectivity index (χ4n) is 2.58. The lowest BCUT2D eigenvalue weighted by molar-refractivity contribution is 0.279. The van der Waals surface area contributed by atoms with Gasteiger partial charge in [0, 0.05) is 35.5 Å². The Kier molecular flexibility index (Phi) is 4.41. The second-order valence-electron chi connectivity index (χ2n) is 7.15. The van der Waals surface area contributed by atoms with Crippen molar-refractivity contribution < 1.29 is 10.2 Å². The van der Waals surface area contributed by atoms with Crippen molar-refractivity contribution in [3.8, 4) is 5.75 Å². The normalized spacial score (nSPS) is 11.9. The maximum atomic E-state index is 12.0. The average molecular weight is 358 g/mol. The van der Waals surface area contributed by atoms with Crippen LogP contribution in [-0.2, 0) is 18.6 Å². The monoisotopic (exact) mass is 358 g/mol. The van der Waals surface area contributed by atoms with E-state index >= 15 is 0 Å². The van der Waals surface area contributed by atoms with Crippen molar-refractivity contribution in [1.29, 1.82) is 0 Å². The first-order valence-corrected chi connectivity index (χ1v) is 8.21. The highest BCUT2D eigenvalue weighted by Crippen LogP contribution is 2.26. The molecule has 4 N–H and O–H groups in total. The summed E-state index contributed by atoms with van der Waals surface area (Å²) in [6.45, 7) is 7.63. The molecule has 3 aromatic heterocycles. The van der Waals surface area contributed by atoms with Crippen LogP contribution in [-0.4, -0.2) is 34.8 Å². The molecule has 3 aromatic rings. The first kappa shape index (κ1) is 17.9. The van der Waals surface area contributed by atoms with E-state index in [0.29, 0.717) is 34.0 Å². The van der Waals surface area contributed by atoms with Gasteiger partial charge >= 0.3 is 5.69 Å². The van der Waals surface area contributed by atoms with Gasteiger partial charge in [-0.25, -0.2) is 19.3 Å². The number of aliphatic hydroxyl groups is 1. The molecule has 0 aliphatic carbocycles. The molecule has 0 saturated carbocycles. The molecule has 138 valence electrons. The van der Waals surface area contributed by atoms with E-state index in [1.54, 1.807) is 13.1 Å². The van der Waals surface area contributed by atoms with Crippen LogP contribution in [0.2, 0.25) is 0 Å². The Morgan fingerprint density at radius 3 is 2.73 bits per heavy atom. The van der Waals surface area contributed by atoms with E-state index in [1.807, 2.05) is 20.8 Å². The van der Waals surface area contributed by atoms with Crippen LogP contribution in [0.5, 0.6) is 5.75 Å². The fraction of sp³-hybridized carbons (Fsp3) is 0.412. The van der Waals surface area contributed by atoms with Gasteiger partial charge < -0.3 is 15.5 Å². The number of aromatic hydroxyl groups is 1. The quantitative estimate of drug-likeness (QED) is 0.552. The van der Waals surface area contributed by atoms with E-state index in [0.717, 1.165) is 0 Å². The lowest BCUT2D eigenvalue weighted by atomic mass is 9.93. The molecule has 9 heteroatoms. The van der Waals surface area contributed by atoms with Crippen molar-refractivity contribution in [2.45, 2.75) is 46.3 Å². The average Bonchev–Trinajstić information content (AvgIpc) is 2.96. The summed E-state index contributed by atoms with van der Waals surface area (Å²) in [6, 6.07) is 0. The second-order valence-corrected chi connectivity index (χ2v) is 7.15. The van der Waals surface area contributed by atoms with Crippen LogP contribution in [0.25, 0.3) is 5.65 Å². The third kappa shape index (κ3) is 3.13. The number of aromatic nitrogens is 5. The van der Waals surface area contributed by atoms with Crippen molar-refractivity contribution in [3.63, 3.8) is 0 Å². The maximum Gasteiger partial charge on any atom is 0.347 e. The topological polar surface area (TPSA) is 128 Å². The molecule has 9 nitrogen and oxygen atoms in total. The number of rotatable bonds is 4. The second kappa shape index (κ2) is 6.41. The molecular weight excluding hydrogens is 336 g/mol. The van der Waals surface area contributed by atoms with E-state index in [2.05, 4.69) is 25.5 Å². The Labute approximate surface area is 149 Å². The third-order valence-electron chi connectivity index (χ3n) is 4.20. The molecule has 26 heavy (non-hydrogen) atoms. The van der Waals surface area contributed by atoms with Crippen LogP contribution in [0.1, 0.15) is 43.3 Å². The van der Waals surface area contributed by atoms with Crippen molar-refractivity contribution in [3.05, 3.63) is 45.4 Å². The molecule has 0 aromatic carbocycles. The summed E-state index contributed by atoms with van der Waals surface area (Å²) >= 11 is 0. The molecule has 0 atom stereocenters. The minimum atomic E-state index is -0.352. The summed E-state index contributed by atoms with van der Waals surface area (Å²) in [4.78, 5) is 20.6. The molecule has 0 aliphatic rings. The number of hydrogen-bond donors (Lipinski definition) is 4. The number of aliphatic hydroxyl groups excluding tert-OH is 1. The standard InChI is InChI=1S/C17H22N6O3/c1-9-13(25)11(10(8-24)5-18-9)6-19-14-15-21-22-16(26)23(15)7-12(20-14)17(2,3)4/h5,7,24-25H,6,8H2,1-4H3,(H,19,20)(H,22,26). The summed E-state index contributed by atoms with van der Waals surface area (Å²) in [5, 5.41) is 29.3. The zero-order chi connectivity index (χ0) is 19.1. The van der Waals surface area contributed by atoms with E-state index in [9.17, 15) is 15.0 Å². The molecule has 0 saturated heterocycles.